The quantitative estimate of drug-likeness (QED) is 0.714. The highest BCUT2D eigenvalue weighted by Gasteiger charge is 2.23. The summed E-state index contributed by atoms with van der Waals surface area (Å²) < 4.78 is 0. The fourth-order valence-corrected chi connectivity index (χ4v) is 2.29. The van der Waals surface area contributed by atoms with E-state index < -0.39 is 0 Å². The van der Waals surface area contributed by atoms with Crippen LogP contribution in [-0.2, 0) is 0 Å². The third-order valence-electron chi connectivity index (χ3n) is 3.74. The first-order chi connectivity index (χ1) is 7.17. The predicted molar refractivity (Wildman–Crippen MR) is 66.0 cm³/mol. The fraction of sp³-hybridized carbons (Fsp3) is 1.00. The fourth-order valence-electron chi connectivity index (χ4n) is 2.29. The lowest BCUT2D eigenvalue weighted by Crippen LogP contribution is -2.32. The van der Waals surface area contributed by atoms with Crippen molar-refractivity contribution in [2.75, 3.05) is 40.3 Å². The molecule has 2 unspecified atom stereocenters. The molecule has 0 aromatic rings. The Kier molecular flexibility index (Phi) is 5.58. The van der Waals surface area contributed by atoms with Crippen molar-refractivity contribution in [2.45, 2.75) is 32.2 Å². The molecule has 0 spiro atoms. The molecular formula is C12H27N3. The van der Waals surface area contributed by atoms with Crippen LogP contribution in [0.15, 0.2) is 0 Å². The van der Waals surface area contributed by atoms with E-state index in [1.54, 1.807) is 0 Å². The highest BCUT2D eigenvalue weighted by atomic mass is 15.2. The molecule has 1 aliphatic heterocycles. The summed E-state index contributed by atoms with van der Waals surface area (Å²) in [5, 5.41) is 0. The van der Waals surface area contributed by atoms with Crippen LogP contribution in [0.1, 0.15) is 26.2 Å². The third-order valence-corrected chi connectivity index (χ3v) is 3.74. The molecule has 3 nitrogen and oxygen atoms in total. The summed E-state index contributed by atoms with van der Waals surface area (Å²) in [6.45, 7) is 6.84. The van der Waals surface area contributed by atoms with Gasteiger partial charge < -0.3 is 15.5 Å². The minimum absolute atomic E-state index is 0.725. The van der Waals surface area contributed by atoms with Gasteiger partial charge in [0.1, 0.15) is 0 Å². The minimum Gasteiger partial charge on any atom is -0.330 e. The zero-order valence-corrected chi connectivity index (χ0v) is 10.6. The van der Waals surface area contributed by atoms with E-state index in [2.05, 4.69) is 30.8 Å². The number of nitrogens with two attached hydrogens (primary N) is 1. The average Bonchev–Trinajstić information content (AvgIpc) is 2.68. The van der Waals surface area contributed by atoms with Crippen molar-refractivity contribution in [2.24, 2.45) is 11.7 Å². The molecule has 0 aromatic carbocycles. The maximum Gasteiger partial charge on any atom is 0.0229 e. The number of likely N-dealkylation sites (tertiary alicyclic amines) is 1. The molecule has 0 radical (unpaired) electrons. The predicted octanol–water partition coefficient (Wildman–Crippen LogP) is 0.997. The molecule has 1 heterocycles. The van der Waals surface area contributed by atoms with Gasteiger partial charge >= 0.3 is 0 Å². The van der Waals surface area contributed by atoms with Gasteiger partial charge in [0.2, 0.25) is 0 Å². The summed E-state index contributed by atoms with van der Waals surface area (Å²) in [6.07, 6.45) is 3.82. The number of rotatable bonds is 6. The van der Waals surface area contributed by atoms with Gasteiger partial charge in [0, 0.05) is 12.6 Å². The summed E-state index contributed by atoms with van der Waals surface area (Å²) in [5.41, 5.74) is 5.72. The van der Waals surface area contributed by atoms with Gasteiger partial charge in [-0.2, -0.15) is 0 Å². The summed E-state index contributed by atoms with van der Waals surface area (Å²) in [6, 6.07) is 0.767. The second-order valence-corrected chi connectivity index (χ2v) is 5.01. The lowest BCUT2D eigenvalue weighted by molar-refractivity contribution is 0.256. The largest absolute Gasteiger partial charge is 0.330 e. The second kappa shape index (κ2) is 6.46. The van der Waals surface area contributed by atoms with Crippen LogP contribution in [-0.4, -0.2) is 56.1 Å². The van der Waals surface area contributed by atoms with Crippen LogP contribution < -0.4 is 5.73 Å². The Morgan fingerprint density at radius 1 is 1.47 bits per heavy atom. The van der Waals surface area contributed by atoms with Gasteiger partial charge in [0.05, 0.1) is 0 Å². The van der Waals surface area contributed by atoms with Crippen LogP contribution in [0.25, 0.3) is 0 Å². The molecule has 0 aromatic heterocycles. The highest BCUT2D eigenvalue weighted by Crippen LogP contribution is 2.15. The molecule has 2 atom stereocenters. The first-order valence-electron chi connectivity index (χ1n) is 6.26. The van der Waals surface area contributed by atoms with E-state index in [4.69, 9.17) is 5.73 Å². The number of likely N-dealkylation sites (N-methyl/N-ethyl adjacent to an activating group) is 1. The molecule has 15 heavy (non-hydrogen) atoms. The molecule has 90 valence electrons. The van der Waals surface area contributed by atoms with Crippen molar-refractivity contribution in [1.82, 2.24) is 9.80 Å². The maximum atomic E-state index is 5.72. The molecule has 1 aliphatic rings. The van der Waals surface area contributed by atoms with Crippen LogP contribution in [0.2, 0.25) is 0 Å². The zero-order chi connectivity index (χ0) is 11.3. The Morgan fingerprint density at radius 2 is 2.20 bits per heavy atom. The average molecular weight is 213 g/mol. The monoisotopic (exact) mass is 213 g/mol. The minimum atomic E-state index is 0.725. The van der Waals surface area contributed by atoms with E-state index in [1.165, 1.54) is 38.9 Å². The van der Waals surface area contributed by atoms with Crippen molar-refractivity contribution in [3.05, 3.63) is 0 Å². The summed E-state index contributed by atoms with van der Waals surface area (Å²) in [4.78, 5) is 4.93. The van der Waals surface area contributed by atoms with Crippen LogP contribution in [0, 0.1) is 5.92 Å². The second-order valence-electron chi connectivity index (χ2n) is 5.01. The van der Waals surface area contributed by atoms with Gasteiger partial charge in [-0.15, -0.1) is 0 Å². The van der Waals surface area contributed by atoms with Gasteiger partial charge in [0.25, 0.3) is 0 Å². The first-order valence-corrected chi connectivity index (χ1v) is 6.26. The third kappa shape index (κ3) is 4.09. The molecular weight excluding hydrogens is 186 g/mol. The Bertz CT molecular complexity index is 166. The number of hydrogen-bond donors (Lipinski definition) is 1. The molecule has 0 saturated carbocycles. The highest BCUT2D eigenvalue weighted by molar-refractivity contribution is 4.80. The normalized spacial score (nSPS) is 25.0. The van der Waals surface area contributed by atoms with Crippen LogP contribution >= 0.6 is 0 Å². The van der Waals surface area contributed by atoms with Crippen molar-refractivity contribution in [3.8, 4) is 0 Å². The molecule has 3 heteroatoms. The SMILES string of the molecule is CCC(CN)CCN1CCC(N(C)C)C1. The lowest BCUT2D eigenvalue weighted by Gasteiger charge is -2.21. The standard InChI is InChI=1S/C12H27N3/c1-4-11(9-13)5-7-15-8-6-12(10-15)14(2)3/h11-12H,4-10,13H2,1-3H3. The Balaban J connectivity index is 2.18. The van der Waals surface area contributed by atoms with E-state index in [-0.39, 0.29) is 0 Å². The smallest absolute Gasteiger partial charge is 0.0229 e. The van der Waals surface area contributed by atoms with E-state index >= 15 is 0 Å². The molecule has 0 amide bonds. The zero-order valence-electron chi connectivity index (χ0n) is 10.6. The van der Waals surface area contributed by atoms with Crippen LogP contribution in [0.3, 0.4) is 0 Å². The van der Waals surface area contributed by atoms with Gasteiger partial charge in [0.15, 0.2) is 0 Å². The molecule has 1 rings (SSSR count). The van der Waals surface area contributed by atoms with Gasteiger partial charge in [-0.1, -0.05) is 13.3 Å². The van der Waals surface area contributed by atoms with Crippen LogP contribution in [0.4, 0.5) is 0 Å². The molecule has 0 bridgehead atoms. The van der Waals surface area contributed by atoms with Gasteiger partial charge in [-0.05, 0) is 52.5 Å². The summed E-state index contributed by atoms with van der Waals surface area (Å²) in [5.74, 6) is 0.725. The van der Waals surface area contributed by atoms with Crippen molar-refractivity contribution in [1.29, 1.82) is 0 Å². The van der Waals surface area contributed by atoms with E-state index in [1.807, 2.05) is 0 Å². The van der Waals surface area contributed by atoms with Crippen LogP contribution in [0.5, 0.6) is 0 Å². The number of hydrogen-bond acceptors (Lipinski definition) is 3. The van der Waals surface area contributed by atoms with Crippen molar-refractivity contribution >= 4 is 0 Å². The van der Waals surface area contributed by atoms with Gasteiger partial charge in [-0.3, -0.25) is 0 Å². The van der Waals surface area contributed by atoms with E-state index in [0.29, 0.717) is 0 Å². The van der Waals surface area contributed by atoms with Crippen molar-refractivity contribution < 1.29 is 0 Å². The van der Waals surface area contributed by atoms with Gasteiger partial charge in [-0.25, -0.2) is 0 Å². The Labute approximate surface area is 94.6 Å². The molecule has 2 N–H and O–H groups in total. The summed E-state index contributed by atoms with van der Waals surface area (Å²) >= 11 is 0. The Hall–Kier alpha value is -0.120. The number of nitrogens with zero attached hydrogens (tertiary/aromatic N) is 2. The molecule has 1 saturated heterocycles. The van der Waals surface area contributed by atoms with Crippen molar-refractivity contribution in [3.63, 3.8) is 0 Å². The molecule has 1 fully saturated rings. The maximum absolute atomic E-state index is 5.72. The summed E-state index contributed by atoms with van der Waals surface area (Å²) in [7, 11) is 4.37. The molecule has 0 aliphatic carbocycles. The Morgan fingerprint density at radius 3 is 2.67 bits per heavy atom. The topological polar surface area (TPSA) is 32.5 Å². The first kappa shape index (κ1) is 12.9. The lowest BCUT2D eigenvalue weighted by atomic mass is 10.0. The van der Waals surface area contributed by atoms with E-state index in [9.17, 15) is 0 Å². The van der Waals surface area contributed by atoms with E-state index in [0.717, 1.165) is 18.5 Å².